The van der Waals surface area contributed by atoms with Gasteiger partial charge in [-0.1, -0.05) is 0 Å². The van der Waals surface area contributed by atoms with Crippen molar-refractivity contribution in [3.63, 3.8) is 0 Å². The van der Waals surface area contributed by atoms with Crippen molar-refractivity contribution in [3.05, 3.63) is 54.4 Å². The van der Waals surface area contributed by atoms with Crippen LogP contribution in [-0.4, -0.2) is 14.6 Å². The van der Waals surface area contributed by atoms with Crippen LogP contribution in [0.25, 0.3) is 16.9 Å². The third kappa shape index (κ3) is 1.65. The third-order valence-electron chi connectivity index (χ3n) is 2.46. The van der Waals surface area contributed by atoms with Crippen LogP contribution in [0.3, 0.4) is 0 Å². The van der Waals surface area contributed by atoms with Crippen molar-refractivity contribution in [2.75, 3.05) is 0 Å². The Labute approximate surface area is 95.3 Å². The molecule has 0 unspecified atom stereocenters. The van der Waals surface area contributed by atoms with E-state index in [1.165, 1.54) is 16.6 Å². The van der Waals surface area contributed by atoms with Gasteiger partial charge in [0.05, 0.1) is 5.69 Å². The maximum absolute atomic E-state index is 13.6. The molecule has 0 aliphatic carbocycles. The average Bonchev–Trinajstić information content (AvgIpc) is 2.75. The summed E-state index contributed by atoms with van der Waals surface area (Å²) in [5.41, 5.74) is 1.38. The van der Waals surface area contributed by atoms with Crippen LogP contribution in [0.5, 0.6) is 0 Å². The van der Waals surface area contributed by atoms with Crippen LogP contribution in [0, 0.1) is 11.6 Å². The summed E-state index contributed by atoms with van der Waals surface area (Å²) < 4.78 is 27.9. The van der Waals surface area contributed by atoms with Gasteiger partial charge in [0.1, 0.15) is 11.6 Å². The first-order valence-corrected chi connectivity index (χ1v) is 5.00. The second kappa shape index (κ2) is 3.62. The van der Waals surface area contributed by atoms with Crippen molar-refractivity contribution in [2.24, 2.45) is 0 Å². The number of hydrogen-bond donors (Lipinski definition) is 0. The van der Waals surface area contributed by atoms with E-state index in [4.69, 9.17) is 0 Å². The SMILES string of the molecule is Fc1ccc(-c2ccc3nccn3n2)c(F)c1. The van der Waals surface area contributed by atoms with Gasteiger partial charge in [-0.05, 0) is 24.3 Å². The monoisotopic (exact) mass is 231 g/mol. The Balaban J connectivity index is 2.19. The molecule has 84 valence electrons. The summed E-state index contributed by atoms with van der Waals surface area (Å²) in [7, 11) is 0. The van der Waals surface area contributed by atoms with E-state index in [0.717, 1.165) is 6.07 Å². The molecular weight excluding hydrogens is 224 g/mol. The summed E-state index contributed by atoms with van der Waals surface area (Å²) in [6.07, 6.45) is 3.27. The number of aromatic nitrogens is 3. The molecule has 0 fully saturated rings. The van der Waals surface area contributed by atoms with Gasteiger partial charge in [-0.2, -0.15) is 5.10 Å². The van der Waals surface area contributed by atoms with Gasteiger partial charge in [0, 0.05) is 24.0 Å². The topological polar surface area (TPSA) is 30.2 Å². The lowest BCUT2D eigenvalue weighted by atomic mass is 10.1. The number of hydrogen-bond acceptors (Lipinski definition) is 2. The molecule has 0 amide bonds. The molecule has 2 aromatic heterocycles. The van der Waals surface area contributed by atoms with E-state index in [2.05, 4.69) is 10.1 Å². The van der Waals surface area contributed by atoms with Crippen LogP contribution in [-0.2, 0) is 0 Å². The quantitative estimate of drug-likeness (QED) is 0.644. The molecule has 17 heavy (non-hydrogen) atoms. The van der Waals surface area contributed by atoms with E-state index in [0.29, 0.717) is 11.3 Å². The van der Waals surface area contributed by atoms with E-state index >= 15 is 0 Å². The van der Waals surface area contributed by atoms with Crippen LogP contribution in [0.4, 0.5) is 8.78 Å². The molecule has 0 radical (unpaired) electrons. The largest absolute Gasteiger partial charge is 0.236 e. The number of nitrogens with zero attached hydrogens (tertiary/aromatic N) is 3. The Bertz CT molecular complexity index is 691. The van der Waals surface area contributed by atoms with Gasteiger partial charge in [0.15, 0.2) is 5.65 Å². The molecule has 0 saturated carbocycles. The maximum Gasteiger partial charge on any atom is 0.153 e. The Morgan fingerprint density at radius 1 is 1.06 bits per heavy atom. The first-order valence-electron chi connectivity index (χ1n) is 5.00. The lowest BCUT2D eigenvalue weighted by molar-refractivity contribution is 0.585. The maximum atomic E-state index is 13.6. The fraction of sp³-hybridized carbons (Fsp3) is 0. The van der Waals surface area contributed by atoms with Crippen LogP contribution < -0.4 is 0 Å². The zero-order chi connectivity index (χ0) is 11.8. The highest BCUT2D eigenvalue weighted by atomic mass is 19.1. The summed E-state index contributed by atoms with van der Waals surface area (Å²) >= 11 is 0. The molecule has 0 saturated heterocycles. The number of rotatable bonds is 1. The molecule has 3 aromatic rings. The summed E-state index contributed by atoms with van der Waals surface area (Å²) in [6, 6.07) is 6.80. The van der Waals surface area contributed by atoms with E-state index < -0.39 is 11.6 Å². The molecule has 0 N–H and O–H groups in total. The van der Waals surface area contributed by atoms with Crippen LogP contribution in [0.15, 0.2) is 42.7 Å². The molecule has 0 atom stereocenters. The molecule has 0 aliphatic rings. The molecule has 3 rings (SSSR count). The van der Waals surface area contributed by atoms with Gasteiger partial charge in [-0.3, -0.25) is 0 Å². The summed E-state index contributed by atoms with van der Waals surface area (Å²) in [5.74, 6) is -1.23. The van der Waals surface area contributed by atoms with Crippen LogP contribution >= 0.6 is 0 Å². The molecule has 0 bridgehead atoms. The van der Waals surface area contributed by atoms with Crippen molar-refractivity contribution in [3.8, 4) is 11.3 Å². The standard InChI is InChI=1S/C12H7F2N3/c13-8-1-2-9(10(14)7-8)11-3-4-12-15-5-6-17(12)16-11/h1-7H. The average molecular weight is 231 g/mol. The van der Waals surface area contributed by atoms with Gasteiger partial charge < -0.3 is 0 Å². The molecule has 0 aliphatic heterocycles. The van der Waals surface area contributed by atoms with E-state index in [1.807, 2.05) is 0 Å². The number of fused-ring (bicyclic) bond motifs is 1. The minimum Gasteiger partial charge on any atom is -0.236 e. The van der Waals surface area contributed by atoms with Crippen molar-refractivity contribution in [1.82, 2.24) is 14.6 Å². The zero-order valence-corrected chi connectivity index (χ0v) is 8.64. The molecule has 0 spiro atoms. The van der Waals surface area contributed by atoms with Crippen molar-refractivity contribution in [1.29, 1.82) is 0 Å². The third-order valence-corrected chi connectivity index (χ3v) is 2.46. The van der Waals surface area contributed by atoms with Gasteiger partial charge in [0.25, 0.3) is 0 Å². The van der Waals surface area contributed by atoms with Crippen molar-refractivity contribution >= 4 is 5.65 Å². The Morgan fingerprint density at radius 3 is 2.76 bits per heavy atom. The first-order chi connectivity index (χ1) is 8.24. The molecular formula is C12H7F2N3. The molecule has 5 heteroatoms. The molecule has 3 nitrogen and oxygen atoms in total. The first kappa shape index (κ1) is 9.89. The number of imidazole rings is 1. The summed E-state index contributed by atoms with van der Waals surface area (Å²) in [4.78, 5) is 4.04. The smallest absolute Gasteiger partial charge is 0.153 e. The lowest BCUT2D eigenvalue weighted by Gasteiger charge is -2.03. The predicted molar refractivity (Wildman–Crippen MR) is 58.3 cm³/mol. The molecule has 1 aromatic carbocycles. The van der Waals surface area contributed by atoms with Crippen molar-refractivity contribution < 1.29 is 8.78 Å². The van der Waals surface area contributed by atoms with Crippen LogP contribution in [0.2, 0.25) is 0 Å². The normalized spacial score (nSPS) is 10.9. The zero-order valence-electron chi connectivity index (χ0n) is 8.64. The summed E-state index contributed by atoms with van der Waals surface area (Å²) in [6.45, 7) is 0. The van der Waals surface area contributed by atoms with Gasteiger partial charge in [0.2, 0.25) is 0 Å². The Kier molecular flexibility index (Phi) is 2.11. The minimum absolute atomic E-state index is 0.266. The highest BCUT2D eigenvalue weighted by Gasteiger charge is 2.08. The fourth-order valence-electron chi connectivity index (χ4n) is 1.66. The van der Waals surface area contributed by atoms with E-state index in [-0.39, 0.29) is 5.56 Å². The molecule has 2 heterocycles. The van der Waals surface area contributed by atoms with Gasteiger partial charge in [-0.15, -0.1) is 0 Å². The van der Waals surface area contributed by atoms with Gasteiger partial charge in [-0.25, -0.2) is 18.3 Å². The second-order valence-corrected chi connectivity index (χ2v) is 3.57. The van der Waals surface area contributed by atoms with E-state index in [1.54, 1.807) is 24.5 Å². The number of halogens is 2. The fourth-order valence-corrected chi connectivity index (χ4v) is 1.66. The van der Waals surface area contributed by atoms with Crippen molar-refractivity contribution in [2.45, 2.75) is 0 Å². The minimum atomic E-state index is -0.628. The predicted octanol–water partition coefficient (Wildman–Crippen LogP) is 2.67. The highest BCUT2D eigenvalue weighted by molar-refractivity contribution is 5.60. The van der Waals surface area contributed by atoms with Gasteiger partial charge >= 0.3 is 0 Å². The van der Waals surface area contributed by atoms with E-state index in [9.17, 15) is 8.78 Å². The Hall–Kier alpha value is -2.30. The van der Waals surface area contributed by atoms with Crippen LogP contribution in [0.1, 0.15) is 0 Å². The Morgan fingerprint density at radius 2 is 1.94 bits per heavy atom. The second-order valence-electron chi connectivity index (χ2n) is 3.57. The highest BCUT2D eigenvalue weighted by Crippen LogP contribution is 2.21. The summed E-state index contributed by atoms with van der Waals surface area (Å²) in [5, 5.41) is 4.19. The number of benzene rings is 1. The lowest BCUT2D eigenvalue weighted by Crippen LogP contribution is -1.95.